The Morgan fingerprint density at radius 1 is 0.333 bits per heavy atom. The molecule has 0 bridgehead atoms. The van der Waals surface area contributed by atoms with E-state index in [-0.39, 0.29) is 0 Å². The lowest BCUT2D eigenvalue weighted by molar-refractivity contribution is 0.954. The Balaban J connectivity index is 1.23. The second-order valence-electron chi connectivity index (χ2n) is 12.1. The van der Waals surface area contributed by atoms with Crippen LogP contribution >= 0.6 is 0 Å². The highest BCUT2D eigenvalue weighted by atomic mass is 15.2. The van der Waals surface area contributed by atoms with Crippen LogP contribution in [0.3, 0.4) is 0 Å². The molecule has 3 heterocycles. The molecule has 10 aromatic rings. The summed E-state index contributed by atoms with van der Waals surface area (Å²) in [6, 6.07) is 57.4. The first-order valence-electron chi connectivity index (χ1n) is 16.1. The number of aromatic nitrogens is 5. The van der Waals surface area contributed by atoms with Gasteiger partial charge in [-0.2, -0.15) is 9.97 Å². The van der Waals surface area contributed by atoms with Crippen molar-refractivity contribution in [3.8, 4) is 34.4 Å². The average molecular weight is 614 g/mol. The van der Waals surface area contributed by atoms with E-state index >= 15 is 0 Å². The highest BCUT2D eigenvalue weighted by Gasteiger charge is 2.19. The third-order valence-electron chi connectivity index (χ3n) is 9.34. The van der Waals surface area contributed by atoms with Crippen LogP contribution in [0.1, 0.15) is 0 Å². The Hall–Kier alpha value is -6.59. The molecule has 5 heteroatoms. The Labute approximate surface area is 276 Å². The molecule has 0 saturated carbocycles. The van der Waals surface area contributed by atoms with Crippen molar-refractivity contribution in [3.63, 3.8) is 0 Å². The molecule has 0 aliphatic rings. The lowest BCUT2D eigenvalue weighted by Gasteiger charge is -2.12. The number of nitrogens with zero attached hydrogens (tertiary/aromatic N) is 5. The molecule has 224 valence electrons. The van der Waals surface area contributed by atoms with E-state index in [2.05, 4.69) is 112 Å². The van der Waals surface area contributed by atoms with Crippen molar-refractivity contribution in [2.75, 3.05) is 0 Å². The Morgan fingerprint density at radius 2 is 0.833 bits per heavy atom. The van der Waals surface area contributed by atoms with Crippen molar-refractivity contribution >= 4 is 54.4 Å². The minimum Gasteiger partial charge on any atom is -0.309 e. The topological polar surface area (TPSA) is 48.5 Å². The Kier molecular flexibility index (Phi) is 5.81. The zero-order valence-electron chi connectivity index (χ0n) is 25.8. The molecule has 0 fully saturated rings. The van der Waals surface area contributed by atoms with Crippen LogP contribution in [0.15, 0.2) is 164 Å². The van der Waals surface area contributed by atoms with Gasteiger partial charge in [0, 0.05) is 38.4 Å². The summed E-state index contributed by atoms with van der Waals surface area (Å²) in [6.07, 6.45) is 0. The van der Waals surface area contributed by atoms with Crippen LogP contribution in [0, 0.1) is 0 Å². The van der Waals surface area contributed by atoms with Crippen LogP contribution in [0.4, 0.5) is 0 Å². The lowest BCUT2D eigenvalue weighted by Crippen LogP contribution is -2.06. The van der Waals surface area contributed by atoms with Gasteiger partial charge in [0.15, 0.2) is 11.6 Å². The van der Waals surface area contributed by atoms with Gasteiger partial charge in [-0.25, -0.2) is 4.98 Å². The summed E-state index contributed by atoms with van der Waals surface area (Å²) in [5, 5.41) is 7.15. The van der Waals surface area contributed by atoms with E-state index in [9.17, 15) is 0 Å². The molecule has 3 aromatic heterocycles. The largest absolute Gasteiger partial charge is 0.309 e. The molecule has 7 aromatic carbocycles. The minimum atomic E-state index is 0.593. The van der Waals surface area contributed by atoms with Crippen molar-refractivity contribution in [1.29, 1.82) is 0 Å². The summed E-state index contributed by atoms with van der Waals surface area (Å²) in [6.45, 7) is 0. The van der Waals surface area contributed by atoms with Gasteiger partial charge in [0.25, 0.3) is 0 Å². The van der Waals surface area contributed by atoms with Gasteiger partial charge in [-0.05, 0) is 53.2 Å². The maximum absolute atomic E-state index is 5.10. The fraction of sp³-hybridized carbons (Fsp3) is 0. The van der Waals surface area contributed by atoms with Gasteiger partial charge in [-0.15, -0.1) is 0 Å². The molecule has 5 nitrogen and oxygen atoms in total. The van der Waals surface area contributed by atoms with Gasteiger partial charge in [0.2, 0.25) is 5.95 Å². The molecule has 0 N–H and O–H groups in total. The maximum Gasteiger partial charge on any atom is 0.238 e. The molecular formula is C43H27N5. The number of para-hydroxylation sites is 3. The lowest BCUT2D eigenvalue weighted by atomic mass is 10.1. The predicted molar refractivity (Wildman–Crippen MR) is 197 cm³/mol. The van der Waals surface area contributed by atoms with Crippen molar-refractivity contribution in [1.82, 2.24) is 24.1 Å². The van der Waals surface area contributed by atoms with E-state index < -0.39 is 0 Å². The summed E-state index contributed by atoms with van der Waals surface area (Å²) in [7, 11) is 0. The van der Waals surface area contributed by atoms with Crippen LogP contribution in [0.25, 0.3) is 88.8 Å². The highest BCUT2D eigenvalue weighted by molar-refractivity contribution is 6.14. The van der Waals surface area contributed by atoms with Crippen molar-refractivity contribution in [2.24, 2.45) is 0 Å². The van der Waals surface area contributed by atoms with Crippen molar-refractivity contribution < 1.29 is 0 Å². The molecule has 0 aliphatic carbocycles. The third-order valence-corrected chi connectivity index (χ3v) is 9.34. The first kappa shape index (κ1) is 26.6. The van der Waals surface area contributed by atoms with Gasteiger partial charge in [0.1, 0.15) is 0 Å². The molecule has 0 unspecified atom stereocenters. The molecule has 0 spiro atoms. The highest BCUT2D eigenvalue weighted by Crippen LogP contribution is 2.37. The van der Waals surface area contributed by atoms with Crippen molar-refractivity contribution in [2.45, 2.75) is 0 Å². The molecular weight excluding hydrogens is 587 g/mol. The Bertz CT molecular complexity index is 2720. The maximum atomic E-state index is 5.10. The number of rotatable bonds is 4. The number of fused-ring (bicyclic) bond motifs is 7. The number of hydrogen-bond donors (Lipinski definition) is 0. The molecule has 0 amide bonds. The summed E-state index contributed by atoms with van der Waals surface area (Å²) in [4.78, 5) is 15.1. The van der Waals surface area contributed by atoms with Gasteiger partial charge in [0.05, 0.1) is 22.1 Å². The quantitative estimate of drug-likeness (QED) is 0.198. The van der Waals surface area contributed by atoms with Gasteiger partial charge in [-0.1, -0.05) is 121 Å². The summed E-state index contributed by atoms with van der Waals surface area (Å²) in [5.41, 5.74) is 7.54. The fourth-order valence-corrected chi connectivity index (χ4v) is 7.15. The molecule has 10 rings (SSSR count). The summed E-state index contributed by atoms with van der Waals surface area (Å²) >= 11 is 0. The minimum absolute atomic E-state index is 0.593. The van der Waals surface area contributed by atoms with E-state index in [0.717, 1.165) is 44.0 Å². The molecule has 0 aliphatic heterocycles. The fourth-order valence-electron chi connectivity index (χ4n) is 7.15. The van der Waals surface area contributed by atoms with E-state index in [1.54, 1.807) is 0 Å². The van der Waals surface area contributed by atoms with Crippen LogP contribution in [0.5, 0.6) is 0 Å². The first-order chi connectivity index (χ1) is 23.8. The van der Waals surface area contributed by atoms with Crippen LogP contribution in [0.2, 0.25) is 0 Å². The van der Waals surface area contributed by atoms with Gasteiger partial charge < -0.3 is 4.57 Å². The van der Waals surface area contributed by atoms with E-state index in [4.69, 9.17) is 15.0 Å². The van der Waals surface area contributed by atoms with E-state index in [1.807, 2.05) is 60.7 Å². The normalized spacial score (nSPS) is 11.8. The SMILES string of the molecule is c1ccc(-c2nc(-c3ccccc3)nc(-n3c4ccccc4c4cc5cc(-n6c7ccccc7c7ccccc76)ccc5cc43)n2)cc1. The predicted octanol–water partition coefficient (Wildman–Crippen LogP) is 10.6. The molecule has 48 heavy (non-hydrogen) atoms. The Morgan fingerprint density at radius 3 is 1.42 bits per heavy atom. The zero-order chi connectivity index (χ0) is 31.6. The monoisotopic (exact) mass is 613 g/mol. The van der Waals surface area contributed by atoms with Gasteiger partial charge >= 0.3 is 0 Å². The van der Waals surface area contributed by atoms with Crippen LogP contribution in [-0.4, -0.2) is 24.1 Å². The van der Waals surface area contributed by atoms with Crippen molar-refractivity contribution in [3.05, 3.63) is 164 Å². The van der Waals surface area contributed by atoms with Crippen LogP contribution in [-0.2, 0) is 0 Å². The third kappa shape index (κ3) is 4.08. The summed E-state index contributed by atoms with van der Waals surface area (Å²) < 4.78 is 4.56. The van der Waals surface area contributed by atoms with E-state index in [0.29, 0.717) is 17.6 Å². The molecule has 0 saturated heterocycles. The first-order valence-corrected chi connectivity index (χ1v) is 16.1. The molecule has 0 atom stereocenters. The smallest absolute Gasteiger partial charge is 0.238 e. The second kappa shape index (κ2) is 10.5. The number of benzene rings is 7. The van der Waals surface area contributed by atoms with Crippen LogP contribution < -0.4 is 0 Å². The van der Waals surface area contributed by atoms with E-state index in [1.165, 1.54) is 27.2 Å². The molecule has 0 radical (unpaired) electrons. The number of hydrogen-bond acceptors (Lipinski definition) is 3. The second-order valence-corrected chi connectivity index (χ2v) is 12.1. The van der Waals surface area contributed by atoms with Gasteiger partial charge in [-0.3, -0.25) is 4.57 Å². The summed E-state index contributed by atoms with van der Waals surface area (Å²) in [5.74, 6) is 1.87. The zero-order valence-corrected chi connectivity index (χ0v) is 25.8. The standard InChI is InChI=1S/C43H27N5/c1-3-13-28(14-4-1)41-44-42(29-15-5-2-6-16-29)46-43(45-41)48-39-22-12-9-19-35(39)36-26-31-25-32(24-23-30(31)27-40(36)48)47-37-20-10-7-17-33(37)34-18-8-11-21-38(34)47/h1-27H. The average Bonchev–Trinajstić information content (AvgIpc) is 3.67.